The molecule has 0 heterocycles. The first kappa shape index (κ1) is 14.9. The van der Waals surface area contributed by atoms with Crippen LogP contribution in [0.1, 0.15) is 40.0 Å². The van der Waals surface area contributed by atoms with Gasteiger partial charge in [-0.3, -0.25) is 4.90 Å². The molecule has 3 heteroatoms. The molecule has 0 saturated heterocycles. The van der Waals surface area contributed by atoms with Crippen LogP contribution in [0.2, 0.25) is 0 Å². The summed E-state index contributed by atoms with van der Waals surface area (Å²) in [6, 6.07) is 0.712. The van der Waals surface area contributed by atoms with E-state index in [2.05, 4.69) is 25.7 Å². The molecule has 0 aromatic rings. The maximum Gasteiger partial charge on any atom is 0.0626 e. The predicted molar refractivity (Wildman–Crippen MR) is 66.1 cm³/mol. The fourth-order valence-electron chi connectivity index (χ4n) is 1.69. The van der Waals surface area contributed by atoms with Crippen molar-refractivity contribution in [1.82, 2.24) is 4.90 Å². The van der Waals surface area contributed by atoms with Crippen LogP contribution in [0.3, 0.4) is 0 Å². The second-order valence-corrected chi connectivity index (χ2v) is 4.51. The zero-order chi connectivity index (χ0) is 11.7. The minimum absolute atomic E-state index is 0.138. The molecule has 92 valence electrons. The molecule has 2 N–H and O–H groups in total. The molecule has 0 aliphatic carbocycles. The lowest BCUT2D eigenvalue weighted by Crippen LogP contribution is -2.43. The topological polar surface area (TPSA) is 38.5 Å². The minimum Gasteiger partial charge on any atom is -0.383 e. The highest BCUT2D eigenvalue weighted by atomic mass is 16.5. The van der Waals surface area contributed by atoms with Crippen LogP contribution in [0, 0.1) is 0 Å². The summed E-state index contributed by atoms with van der Waals surface area (Å²) in [5.41, 5.74) is 5.96. The number of ether oxygens (including phenoxy) is 1. The van der Waals surface area contributed by atoms with Gasteiger partial charge in [-0.15, -0.1) is 0 Å². The molecular formula is C12H28N2O. The van der Waals surface area contributed by atoms with Gasteiger partial charge in [0.05, 0.1) is 6.61 Å². The summed E-state index contributed by atoms with van der Waals surface area (Å²) in [5.74, 6) is 0. The zero-order valence-electron chi connectivity index (χ0n) is 10.8. The van der Waals surface area contributed by atoms with Gasteiger partial charge in [0.1, 0.15) is 0 Å². The fraction of sp³-hybridized carbons (Fsp3) is 1.00. The Morgan fingerprint density at radius 2 is 1.93 bits per heavy atom. The average Bonchev–Trinajstić information content (AvgIpc) is 2.16. The molecule has 1 atom stereocenters. The lowest BCUT2D eigenvalue weighted by molar-refractivity contribution is 0.139. The number of nitrogens with zero attached hydrogens (tertiary/aromatic N) is 1. The summed E-state index contributed by atoms with van der Waals surface area (Å²) >= 11 is 0. The molecule has 1 unspecified atom stereocenters. The second-order valence-electron chi connectivity index (χ2n) is 4.51. The monoisotopic (exact) mass is 216 g/mol. The predicted octanol–water partition coefficient (Wildman–Crippen LogP) is 1.86. The van der Waals surface area contributed by atoms with E-state index in [9.17, 15) is 0 Å². The molecule has 0 aromatic heterocycles. The molecular weight excluding hydrogens is 188 g/mol. The van der Waals surface area contributed by atoms with Gasteiger partial charge in [0, 0.05) is 25.7 Å². The van der Waals surface area contributed by atoms with E-state index >= 15 is 0 Å². The van der Waals surface area contributed by atoms with Crippen molar-refractivity contribution in [3.05, 3.63) is 0 Å². The van der Waals surface area contributed by atoms with E-state index in [1.54, 1.807) is 7.11 Å². The summed E-state index contributed by atoms with van der Waals surface area (Å²) in [4.78, 5) is 2.44. The highest BCUT2D eigenvalue weighted by Gasteiger charge is 2.12. The Balaban J connectivity index is 3.82. The molecule has 0 fully saturated rings. The van der Waals surface area contributed by atoms with Crippen molar-refractivity contribution in [3.8, 4) is 0 Å². The normalized spacial score (nSPS) is 13.8. The van der Waals surface area contributed by atoms with Crippen LogP contribution in [0.4, 0.5) is 0 Å². The SMILES string of the molecule is CCCCCN(CC(N)COC)C(C)C. The summed E-state index contributed by atoms with van der Waals surface area (Å²) in [7, 11) is 1.71. The average molecular weight is 216 g/mol. The van der Waals surface area contributed by atoms with Gasteiger partial charge in [-0.25, -0.2) is 0 Å². The van der Waals surface area contributed by atoms with Crippen LogP contribution < -0.4 is 5.73 Å². The lowest BCUT2D eigenvalue weighted by Gasteiger charge is -2.29. The maximum absolute atomic E-state index is 5.96. The van der Waals surface area contributed by atoms with Gasteiger partial charge in [-0.05, 0) is 26.8 Å². The van der Waals surface area contributed by atoms with Crippen LogP contribution in [-0.4, -0.2) is 43.8 Å². The van der Waals surface area contributed by atoms with Gasteiger partial charge >= 0.3 is 0 Å². The van der Waals surface area contributed by atoms with Crippen molar-refractivity contribution in [2.24, 2.45) is 5.73 Å². The van der Waals surface area contributed by atoms with Gasteiger partial charge in [0.25, 0.3) is 0 Å². The minimum atomic E-state index is 0.138. The van der Waals surface area contributed by atoms with Crippen LogP contribution in [0.25, 0.3) is 0 Å². The first-order valence-electron chi connectivity index (χ1n) is 6.10. The van der Waals surface area contributed by atoms with E-state index in [1.807, 2.05) is 0 Å². The molecule has 0 spiro atoms. The maximum atomic E-state index is 5.96. The molecule has 0 saturated carbocycles. The molecule has 0 aromatic carbocycles. The summed E-state index contributed by atoms with van der Waals surface area (Å²) < 4.78 is 5.06. The third kappa shape index (κ3) is 7.77. The highest BCUT2D eigenvalue weighted by molar-refractivity contribution is 4.70. The molecule has 0 bridgehead atoms. The van der Waals surface area contributed by atoms with Gasteiger partial charge in [0.15, 0.2) is 0 Å². The number of unbranched alkanes of at least 4 members (excludes halogenated alkanes) is 2. The Bertz CT molecular complexity index is 140. The Kier molecular flexibility index (Phi) is 9.06. The number of nitrogens with two attached hydrogens (primary N) is 1. The Hall–Kier alpha value is -0.120. The van der Waals surface area contributed by atoms with Gasteiger partial charge in [0.2, 0.25) is 0 Å². The molecule has 0 aliphatic heterocycles. The smallest absolute Gasteiger partial charge is 0.0626 e. The summed E-state index contributed by atoms with van der Waals surface area (Å²) in [6.07, 6.45) is 3.85. The molecule has 3 nitrogen and oxygen atoms in total. The highest BCUT2D eigenvalue weighted by Crippen LogP contribution is 2.04. The quantitative estimate of drug-likeness (QED) is 0.598. The molecule has 0 rings (SSSR count). The van der Waals surface area contributed by atoms with Crippen molar-refractivity contribution in [3.63, 3.8) is 0 Å². The van der Waals surface area contributed by atoms with Crippen molar-refractivity contribution in [2.45, 2.75) is 52.1 Å². The largest absolute Gasteiger partial charge is 0.383 e. The fourth-order valence-corrected chi connectivity index (χ4v) is 1.69. The van der Waals surface area contributed by atoms with Gasteiger partial charge in [-0.1, -0.05) is 19.8 Å². The van der Waals surface area contributed by atoms with Crippen molar-refractivity contribution >= 4 is 0 Å². The second kappa shape index (κ2) is 9.13. The van der Waals surface area contributed by atoms with Crippen molar-refractivity contribution in [2.75, 3.05) is 26.8 Å². The Morgan fingerprint density at radius 3 is 2.40 bits per heavy atom. The third-order valence-electron chi connectivity index (χ3n) is 2.63. The van der Waals surface area contributed by atoms with E-state index in [4.69, 9.17) is 10.5 Å². The summed E-state index contributed by atoms with van der Waals surface area (Å²) in [6.45, 7) is 9.43. The third-order valence-corrected chi connectivity index (χ3v) is 2.63. The first-order chi connectivity index (χ1) is 7.11. The van der Waals surface area contributed by atoms with Crippen molar-refractivity contribution < 1.29 is 4.74 Å². The lowest BCUT2D eigenvalue weighted by atomic mass is 10.2. The van der Waals surface area contributed by atoms with E-state index in [0.29, 0.717) is 12.6 Å². The Morgan fingerprint density at radius 1 is 1.27 bits per heavy atom. The van der Waals surface area contributed by atoms with Gasteiger partial charge in [-0.2, -0.15) is 0 Å². The zero-order valence-corrected chi connectivity index (χ0v) is 10.8. The number of rotatable bonds is 9. The summed E-state index contributed by atoms with van der Waals surface area (Å²) in [5, 5.41) is 0. The van der Waals surface area contributed by atoms with E-state index < -0.39 is 0 Å². The molecule has 0 aliphatic rings. The number of methoxy groups -OCH3 is 1. The number of hydrogen-bond acceptors (Lipinski definition) is 3. The number of hydrogen-bond donors (Lipinski definition) is 1. The van der Waals surface area contributed by atoms with Crippen LogP contribution in [0.15, 0.2) is 0 Å². The Labute approximate surface area is 95.0 Å². The van der Waals surface area contributed by atoms with Crippen LogP contribution in [0.5, 0.6) is 0 Å². The van der Waals surface area contributed by atoms with E-state index in [-0.39, 0.29) is 6.04 Å². The van der Waals surface area contributed by atoms with E-state index in [1.165, 1.54) is 19.3 Å². The van der Waals surface area contributed by atoms with Crippen LogP contribution in [-0.2, 0) is 4.74 Å². The standard InChI is InChI=1S/C12H28N2O/c1-5-6-7-8-14(11(2)3)9-12(13)10-15-4/h11-12H,5-10,13H2,1-4H3. The molecule has 0 amide bonds. The van der Waals surface area contributed by atoms with Crippen LogP contribution >= 0.6 is 0 Å². The molecule has 0 radical (unpaired) electrons. The van der Waals surface area contributed by atoms with E-state index in [0.717, 1.165) is 13.1 Å². The first-order valence-corrected chi connectivity index (χ1v) is 6.10. The van der Waals surface area contributed by atoms with Crippen molar-refractivity contribution in [1.29, 1.82) is 0 Å². The molecule has 15 heavy (non-hydrogen) atoms. The van der Waals surface area contributed by atoms with Gasteiger partial charge < -0.3 is 10.5 Å².